The molecule has 3 heteroatoms. The van der Waals surface area contributed by atoms with Gasteiger partial charge in [0.2, 0.25) is 0 Å². The lowest BCUT2D eigenvalue weighted by molar-refractivity contribution is 0.319. The summed E-state index contributed by atoms with van der Waals surface area (Å²) in [5, 5.41) is 6.96. The predicted molar refractivity (Wildman–Crippen MR) is 71.7 cm³/mol. The Morgan fingerprint density at radius 1 is 1.41 bits per heavy atom. The molecule has 94 valence electrons. The molecule has 1 heterocycles. The summed E-state index contributed by atoms with van der Waals surface area (Å²) in [6.07, 6.45) is 3.60. The van der Waals surface area contributed by atoms with Crippen LogP contribution < -0.4 is 15.4 Å². The number of para-hydroxylation sites is 2. The van der Waals surface area contributed by atoms with Crippen molar-refractivity contribution >= 4 is 5.69 Å². The van der Waals surface area contributed by atoms with Crippen LogP contribution in [-0.4, -0.2) is 25.7 Å². The lowest BCUT2D eigenvalue weighted by Gasteiger charge is -2.15. The quantitative estimate of drug-likeness (QED) is 0.794. The molecular formula is C14H22N2O. The van der Waals surface area contributed by atoms with E-state index in [1.54, 1.807) is 0 Å². The Morgan fingerprint density at radius 2 is 2.29 bits per heavy atom. The number of rotatable bonds is 6. The van der Waals surface area contributed by atoms with Crippen LogP contribution in [0.4, 0.5) is 5.69 Å². The summed E-state index contributed by atoms with van der Waals surface area (Å²) in [6, 6.07) is 8.78. The zero-order valence-electron chi connectivity index (χ0n) is 10.5. The van der Waals surface area contributed by atoms with E-state index < -0.39 is 0 Å². The molecule has 0 aliphatic carbocycles. The molecule has 0 spiro atoms. The van der Waals surface area contributed by atoms with Gasteiger partial charge in [0.05, 0.1) is 12.3 Å². The highest BCUT2D eigenvalue weighted by Gasteiger charge is 2.13. The summed E-state index contributed by atoms with van der Waals surface area (Å²) in [4.78, 5) is 0. The molecule has 0 bridgehead atoms. The van der Waals surface area contributed by atoms with Crippen molar-refractivity contribution in [2.75, 3.05) is 25.0 Å². The minimum absolute atomic E-state index is 0.606. The van der Waals surface area contributed by atoms with Crippen LogP contribution in [0.25, 0.3) is 0 Å². The van der Waals surface area contributed by atoms with Crippen molar-refractivity contribution < 1.29 is 4.74 Å². The largest absolute Gasteiger partial charge is 0.491 e. The minimum Gasteiger partial charge on any atom is -0.491 e. The summed E-state index contributed by atoms with van der Waals surface area (Å²) in [5.41, 5.74) is 1.11. The smallest absolute Gasteiger partial charge is 0.142 e. The summed E-state index contributed by atoms with van der Waals surface area (Å²) in [7, 11) is 0. The SMILES string of the molecule is CCCOc1ccccc1NCC1CCCN1. The van der Waals surface area contributed by atoms with Crippen LogP contribution in [0.5, 0.6) is 5.75 Å². The highest BCUT2D eigenvalue weighted by atomic mass is 16.5. The summed E-state index contributed by atoms with van der Waals surface area (Å²) in [6.45, 7) is 5.03. The van der Waals surface area contributed by atoms with Crippen LogP contribution >= 0.6 is 0 Å². The third kappa shape index (κ3) is 3.63. The highest BCUT2D eigenvalue weighted by molar-refractivity contribution is 5.56. The summed E-state index contributed by atoms with van der Waals surface area (Å²) >= 11 is 0. The van der Waals surface area contributed by atoms with Crippen LogP contribution in [0.1, 0.15) is 26.2 Å². The lowest BCUT2D eigenvalue weighted by atomic mass is 10.2. The molecule has 1 aromatic carbocycles. The lowest BCUT2D eigenvalue weighted by Crippen LogP contribution is -2.29. The van der Waals surface area contributed by atoms with Crippen molar-refractivity contribution in [1.82, 2.24) is 5.32 Å². The molecule has 1 fully saturated rings. The molecule has 1 aliphatic rings. The van der Waals surface area contributed by atoms with E-state index in [1.807, 2.05) is 18.2 Å². The van der Waals surface area contributed by atoms with Crippen molar-refractivity contribution in [3.05, 3.63) is 24.3 Å². The maximum atomic E-state index is 5.72. The molecular weight excluding hydrogens is 212 g/mol. The first-order valence-electron chi connectivity index (χ1n) is 6.59. The fourth-order valence-electron chi connectivity index (χ4n) is 2.11. The van der Waals surface area contributed by atoms with Gasteiger partial charge < -0.3 is 15.4 Å². The fraction of sp³-hybridized carbons (Fsp3) is 0.571. The molecule has 17 heavy (non-hydrogen) atoms. The van der Waals surface area contributed by atoms with Crippen LogP contribution in [0.2, 0.25) is 0 Å². The van der Waals surface area contributed by atoms with E-state index in [4.69, 9.17) is 4.74 Å². The number of ether oxygens (including phenoxy) is 1. The number of benzene rings is 1. The highest BCUT2D eigenvalue weighted by Crippen LogP contribution is 2.24. The summed E-state index contributed by atoms with van der Waals surface area (Å²) < 4.78 is 5.72. The summed E-state index contributed by atoms with van der Waals surface area (Å²) in [5.74, 6) is 0.965. The van der Waals surface area contributed by atoms with Gasteiger partial charge >= 0.3 is 0 Å². The average Bonchev–Trinajstić information content (AvgIpc) is 2.88. The third-order valence-corrected chi connectivity index (χ3v) is 3.05. The van der Waals surface area contributed by atoms with E-state index >= 15 is 0 Å². The van der Waals surface area contributed by atoms with E-state index in [0.717, 1.165) is 37.6 Å². The van der Waals surface area contributed by atoms with E-state index in [2.05, 4.69) is 23.6 Å². The Labute approximate surface area is 104 Å². The second-order valence-corrected chi connectivity index (χ2v) is 4.52. The maximum absolute atomic E-state index is 5.72. The van der Waals surface area contributed by atoms with Crippen molar-refractivity contribution in [1.29, 1.82) is 0 Å². The van der Waals surface area contributed by atoms with Crippen molar-refractivity contribution in [3.63, 3.8) is 0 Å². The van der Waals surface area contributed by atoms with E-state index in [0.29, 0.717) is 6.04 Å². The molecule has 1 atom stereocenters. The van der Waals surface area contributed by atoms with Gasteiger partial charge in [0.25, 0.3) is 0 Å². The second-order valence-electron chi connectivity index (χ2n) is 4.52. The van der Waals surface area contributed by atoms with Gasteiger partial charge in [-0.3, -0.25) is 0 Å². The van der Waals surface area contributed by atoms with Crippen LogP contribution in [0.15, 0.2) is 24.3 Å². The van der Waals surface area contributed by atoms with E-state index in [-0.39, 0.29) is 0 Å². The molecule has 1 aliphatic heterocycles. The molecule has 0 saturated carbocycles. The molecule has 3 nitrogen and oxygen atoms in total. The Balaban J connectivity index is 1.89. The first kappa shape index (κ1) is 12.2. The zero-order valence-corrected chi connectivity index (χ0v) is 10.5. The van der Waals surface area contributed by atoms with E-state index in [9.17, 15) is 0 Å². The fourth-order valence-corrected chi connectivity index (χ4v) is 2.11. The molecule has 1 aromatic rings. The van der Waals surface area contributed by atoms with Crippen molar-refractivity contribution in [2.24, 2.45) is 0 Å². The second kappa shape index (κ2) is 6.50. The Bertz CT molecular complexity index is 335. The molecule has 0 amide bonds. The number of hydrogen-bond donors (Lipinski definition) is 2. The van der Waals surface area contributed by atoms with Crippen LogP contribution in [0, 0.1) is 0 Å². The number of hydrogen-bond acceptors (Lipinski definition) is 3. The van der Waals surface area contributed by atoms with Gasteiger partial charge in [-0.25, -0.2) is 0 Å². The first-order valence-corrected chi connectivity index (χ1v) is 6.59. The number of anilines is 1. The monoisotopic (exact) mass is 234 g/mol. The van der Waals surface area contributed by atoms with E-state index in [1.165, 1.54) is 12.8 Å². The van der Waals surface area contributed by atoms with Crippen molar-refractivity contribution in [3.8, 4) is 5.75 Å². The van der Waals surface area contributed by atoms with Gasteiger partial charge in [-0.15, -0.1) is 0 Å². The van der Waals surface area contributed by atoms with Gasteiger partial charge in [-0.1, -0.05) is 19.1 Å². The van der Waals surface area contributed by atoms with Crippen LogP contribution in [-0.2, 0) is 0 Å². The minimum atomic E-state index is 0.606. The Morgan fingerprint density at radius 3 is 3.06 bits per heavy atom. The van der Waals surface area contributed by atoms with Gasteiger partial charge in [0.1, 0.15) is 5.75 Å². The van der Waals surface area contributed by atoms with Crippen molar-refractivity contribution in [2.45, 2.75) is 32.2 Å². The Hall–Kier alpha value is -1.22. The first-order chi connectivity index (χ1) is 8.40. The normalized spacial score (nSPS) is 19.2. The topological polar surface area (TPSA) is 33.3 Å². The average molecular weight is 234 g/mol. The maximum Gasteiger partial charge on any atom is 0.142 e. The predicted octanol–water partition coefficient (Wildman–Crippen LogP) is 2.64. The molecule has 2 rings (SSSR count). The van der Waals surface area contributed by atoms with Gasteiger partial charge in [0, 0.05) is 12.6 Å². The van der Waals surface area contributed by atoms with Gasteiger partial charge in [-0.05, 0) is 37.9 Å². The Kier molecular flexibility index (Phi) is 4.68. The van der Waals surface area contributed by atoms with Crippen LogP contribution in [0.3, 0.4) is 0 Å². The zero-order chi connectivity index (χ0) is 11.9. The third-order valence-electron chi connectivity index (χ3n) is 3.05. The molecule has 1 unspecified atom stereocenters. The van der Waals surface area contributed by atoms with Gasteiger partial charge in [-0.2, -0.15) is 0 Å². The molecule has 0 aromatic heterocycles. The number of nitrogens with one attached hydrogen (secondary N) is 2. The molecule has 2 N–H and O–H groups in total. The molecule has 1 saturated heterocycles. The van der Waals surface area contributed by atoms with Gasteiger partial charge in [0.15, 0.2) is 0 Å². The molecule has 0 radical (unpaired) electrons. The standard InChI is InChI=1S/C14H22N2O/c1-2-10-17-14-8-4-3-7-13(14)16-11-12-6-5-9-15-12/h3-4,7-8,12,15-16H,2,5-6,9-11H2,1H3.